The molecular formula is C22H18ClF3N4O4. The summed E-state index contributed by atoms with van der Waals surface area (Å²) >= 11 is 6.16. The summed E-state index contributed by atoms with van der Waals surface area (Å²) in [6, 6.07) is 12.0. The summed E-state index contributed by atoms with van der Waals surface area (Å²) < 4.78 is 47.6. The van der Waals surface area contributed by atoms with Crippen LogP contribution in [0.5, 0.6) is 0 Å². The molecule has 0 spiro atoms. The van der Waals surface area contributed by atoms with Crippen molar-refractivity contribution in [2.45, 2.75) is 12.2 Å². The van der Waals surface area contributed by atoms with Crippen molar-refractivity contribution in [1.82, 2.24) is 20.4 Å². The number of alkyl halides is 3. The number of nitrogens with one attached hydrogen (secondary N) is 1. The van der Waals surface area contributed by atoms with Gasteiger partial charge in [-0.05, 0) is 24.3 Å². The largest absolute Gasteiger partial charge is 0.471 e. The van der Waals surface area contributed by atoms with E-state index in [1.54, 1.807) is 29.2 Å². The smallest absolute Gasteiger partial charge is 0.377 e. The predicted octanol–water partition coefficient (Wildman–Crippen LogP) is 3.68. The Morgan fingerprint density at radius 3 is 2.56 bits per heavy atom. The number of benzene rings is 2. The molecule has 1 aromatic heterocycles. The number of halogens is 4. The number of amides is 2. The van der Waals surface area contributed by atoms with E-state index in [4.69, 9.17) is 16.3 Å². The molecule has 1 fully saturated rings. The molecule has 1 atom stereocenters. The van der Waals surface area contributed by atoms with Crippen LogP contribution in [0.4, 0.5) is 13.2 Å². The highest BCUT2D eigenvalue weighted by Gasteiger charge is 2.38. The lowest BCUT2D eigenvalue weighted by molar-refractivity contribution is -0.159. The van der Waals surface area contributed by atoms with Crippen molar-refractivity contribution >= 4 is 23.4 Å². The fraction of sp³-hybridized carbons (Fsp3) is 0.273. The highest BCUT2D eigenvalue weighted by molar-refractivity contribution is 6.33. The molecule has 1 unspecified atom stereocenters. The molecule has 2 amide bonds. The first-order chi connectivity index (χ1) is 16.2. The molecule has 3 aromatic rings. The fourth-order valence-electron chi connectivity index (χ4n) is 3.42. The molecule has 12 heteroatoms. The first kappa shape index (κ1) is 23.7. The van der Waals surface area contributed by atoms with Gasteiger partial charge in [0.2, 0.25) is 5.82 Å². The van der Waals surface area contributed by atoms with E-state index < -0.39 is 24.0 Å². The zero-order valence-corrected chi connectivity index (χ0v) is 18.3. The minimum Gasteiger partial charge on any atom is -0.377 e. The summed E-state index contributed by atoms with van der Waals surface area (Å²) in [5, 5.41) is 6.41. The van der Waals surface area contributed by atoms with Crippen LogP contribution in [0.3, 0.4) is 0 Å². The van der Waals surface area contributed by atoms with Crippen LogP contribution >= 0.6 is 11.6 Å². The van der Waals surface area contributed by atoms with Crippen molar-refractivity contribution in [3.8, 4) is 11.4 Å². The molecule has 4 rings (SSSR count). The second-order valence-corrected chi connectivity index (χ2v) is 7.82. The van der Waals surface area contributed by atoms with Crippen molar-refractivity contribution < 1.29 is 32.0 Å². The van der Waals surface area contributed by atoms with Gasteiger partial charge < -0.3 is 19.5 Å². The third-order valence-electron chi connectivity index (χ3n) is 5.16. The Morgan fingerprint density at radius 1 is 1.15 bits per heavy atom. The average Bonchev–Trinajstić information content (AvgIpc) is 3.34. The van der Waals surface area contributed by atoms with Crippen LogP contribution in [0.1, 0.15) is 26.6 Å². The molecule has 0 radical (unpaired) electrons. The zero-order chi connectivity index (χ0) is 24.3. The summed E-state index contributed by atoms with van der Waals surface area (Å²) in [7, 11) is 0. The highest BCUT2D eigenvalue weighted by Crippen LogP contribution is 2.29. The van der Waals surface area contributed by atoms with E-state index in [0.29, 0.717) is 23.7 Å². The van der Waals surface area contributed by atoms with Crippen molar-refractivity contribution in [2.24, 2.45) is 0 Å². The van der Waals surface area contributed by atoms with Gasteiger partial charge in [-0.2, -0.15) is 18.2 Å². The number of carbonyl (C=O) groups excluding carboxylic acids is 2. The Morgan fingerprint density at radius 2 is 1.88 bits per heavy atom. The number of carbonyl (C=O) groups is 2. The number of nitrogens with zero attached hydrogens (tertiary/aromatic N) is 3. The van der Waals surface area contributed by atoms with Crippen molar-refractivity contribution in [3.63, 3.8) is 0 Å². The molecule has 178 valence electrons. The molecule has 0 bridgehead atoms. The van der Waals surface area contributed by atoms with Gasteiger partial charge in [-0.15, -0.1) is 0 Å². The molecule has 2 heterocycles. The molecular weight excluding hydrogens is 477 g/mol. The summed E-state index contributed by atoms with van der Waals surface area (Å²) in [4.78, 5) is 30.5. The molecule has 0 saturated carbocycles. The summed E-state index contributed by atoms with van der Waals surface area (Å²) in [5.41, 5.74) is 0.894. The van der Waals surface area contributed by atoms with Crippen LogP contribution < -0.4 is 5.32 Å². The molecule has 1 aliphatic rings. The van der Waals surface area contributed by atoms with Gasteiger partial charge in [-0.1, -0.05) is 41.0 Å². The number of hydrogen-bond acceptors (Lipinski definition) is 6. The Kier molecular flexibility index (Phi) is 6.85. The standard InChI is InChI=1S/C22H18ClF3N4O4/c23-17-4-2-1-3-16(17)20(32)30-9-10-33-12-15(30)11-27-19(31)14-7-5-13(6-8-14)18-28-21(34-29-18)22(24,25)26/h1-8,15H,9-12H2,(H,27,31). The summed E-state index contributed by atoms with van der Waals surface area (Å²) in [5.74, 6) is -2.37. The van der Waals surface area contributed by atoms with Gasteiger partial charge in [-0.3, -0.25) is 9.59 Å². The SMILES string of the molecule is O=C(NCC1COCCN1C(=O)c1ccccc1Cl)c1ccc(-c2noc(C(F)(F)F)n2)cc1. The van der Waals surface area contributed by atoms with Gasteiger partial charge in [0.05, 0.1) is 29.8 Å². The maximum atomic E-state index is 13.0. The minimum atomic E-state index is -4.74. The van der Waals surface area contributed by atoms with E-state index in [1.165, 1.54) is 24.3 Å². The van der Waals surface area contributed by atoms with Gasteiger partial charge in [-0.25, -0.2) is 0 Å². The first-order valence-corrected chi connectivity index (χ1v) is 10.5. The lowest BCUT2D eigenvalue weighted by atomic mass is 10.1. The Hall–Kier alpha value is -3.44. The van der Waals surface area contributed by atoms with E-state index in [2.05, 4.69) is 20.0 Å². The number of rotatable bonds is 5. The Labute approximate surface area is 196 Å². The normalized spacial score (nSPS) is 16.4. The second-order valence-electron chi connectivity index (χ2n) is 7.42. The molecule has 1 aliphatic heterocycles. The lowest BCUT2D eigenvalue weighted by Crippen LogP contribution is -2.53. The average molecular weight is 495 g/mol. The van der Waals surface area contributed by atoms with Crippen LogP contribution in [0.15, 0.2) is 53.1 Å². The van der Waals surface area contributed by atoms with Crippen LogP contribution in [0, 0.1) is 0 Å². The number of morpholine rings is 1. The maximum absolute atomic E-state index is 13.0. The van der Waals surface area contributed by atoms with E-state index in [-0.39, 0.29) is 36.0 Å². The third kappa shape index (κ3) is 5.20. The van der Waals surface area contributed by atoms with E-state index in [0.717, 1.165) is 0 Å². The lowest BCUT2D eigenvalue weighted by Gasteiger charge is -2.36. The third-order valence-corrected chi connectivity index (χ3v) is 5.49. The van der Waals surface area contributed by atoms with Gasteiger partial charge in [0, 0.05) is 24.2 Å². The molecule has 0 aliphatic carbocycles. The topological polar surface area (TPSA) is 97.6 Å². The van der Waals surface area contributed by atoms with Gasteiger partial charge >= 0.3 is 12.1 Å². The zero-order valence-electron chi connectivity index (χ0n) is 17.5. The van der Waals surface area contributed by atoms with E-state index >= 15 is 0 Å². The van der Waals surface area contributed by atoms with E-state index in [9.17, 15) is 22.8 Å². The second kappa shape index (κ2) is 9.82. The number of aromatic nitrogens is 2. The van der Waals surface area contributed by atoms with Crippen LogP contribution in [-0.2, 0) is 10.9 Å². The van der Waals surface area contributed by atoms with Gasteiger partial charge in [0.15, 0.2) is 0 Å². The molecule has 8 nitrogen and oxygen atoms in total. The monoisotopic (exact) mass is 494 g/mol. The Bertz CT molecular complexity index is 1180. The number of hydrogen-bond donors (Lipinski definition) is 1. The summed E-state index contributed by atoms with van der Waals surface area (Å²) in [6.07, 6.45) is -4.74. The quantitative estimate of drug-likeness (QED) is 0.581. The van der Waals surface area contributed by atoms with E-state index in [1.807, 2.05) is 0 Å². The van der Waals surface area contributed by atoms with Crippen molar-refractivity contribution in [2.75, 3.05) is 26.3 Å². The predicted molar refractivity (Wildman–Crippen MR) is 114 cm³/mol. The Balaban J connectivity index is 1.40. The fourth-order valence-corrected chi connectivity index (χ4v) is 3.64. The van der Waals surface area contributed by atoms with Crippen LogP contribution in [0.2, 0.25) is 5.02 Å². The first-order valence-electron chi connectivity index (χ1n) is 10.2. The maximum Gasteiger partial charge on any atom is 0.471 e. The van der Waals surface area contributed by atoms with Gasteiger partial charge in [0.1, 0.15) is 0 Å². The van der Waals surface area contributed by atoms with Crippen molar-refractivity contribution in [1.29, 1.82) is 0 Å². The van der Waals surface area contributed by atoms with Crippen molar-refractivity contribution in [3.05, 3.63) is 70.6 Å². The van der Waals surface area contributed by atoms with Crippen LogP contribution in [0.25, 0.3) is 11.4 Å². The molecule has 2 aromatic carbocycles. The summed E-state index contributed by atoms with van der Waals surface area (Å²) in [6.45, 7) is 1.10. The molecule has 34 heavy (non-hydrogen) atoms. The van der Waals surface area contributed by atoms with Crippen LogP contribution in [-0.4, -0.2) is 59.2 Å². The minimum absolute atomic E-state index is 0.135. The van der Waals surface area contributed by atoms with Gasteiger partial charge in [0.25, 0.3) is 11.8 Å². The molecule has 1 saturated heterocycles. The highest BCUT2D eigenvalue weighted by atomic mass is 35.5. The number of ether oxygens (including phenoxy) is 1. The molecule has 1 N–H and O–H groups in total.